The van der Waals surface area contributed by atoms with Crippen LogP contribution in [0.25, 0.3) is 0 Å². The van der Waals surface area contributed by atoms with Gasteiger partial charge in [0, 0.05) is 19.0 Å². The fraction of sp³-hybridized carbons (Fsp3) is 0.462. The normalized spacial score (nSPS) is 11.4. The van der Waals surface area contributed by atoms with E-state index in [1.165, 1.54) is 25.3 Å². The number of hydrogen-bond acceptors (Lipinski definition) is 5. The molecule has 0 radical (unpaired) electrons. The van der Waals surface area contributed by atoms with Crippen molar-refractivity contribution >= 4 is 21.6 Å². The van der Waals surface area contributed by atoms with Crippen LogP contribution < -0.4 is 20.5 Å². The topological polar surface area (TPSA) is 111 Å². The molecule has 0 aromatic heterocycles. The van der Waals surface area contributed by atoms with E-state index in [0.717, 1.165) is 0 Å². The standard InChI is InChI=1S/C13H21N3O4S/c1-9(2)16-13(17)6-7-15-21(18,19)10-4-5-12(20-3)11(14)8-10/h4-5,8-9,15H,6-7,14H2,1-3H3,(H,16,17). The maximum atomic E-state index is 12.0. The van der Waals surface area contributed by atoms with Crippen LogP contribution >= 0.6 is 0 Å². The lowest BCUT2D eigenvalue weighted by Crippen LogP contribution is -2.34. The fourth-order valence-electron chi connectivity index (χ4n) is 1.66. The van der Waals surface area contributed by atoms with Crippen LogP contribution in [-0.4, -0.2) is 34.0 Å². The highest BCUT2D eigenvalue weighted by molar-refractivity contribution is 7.89. The van der Waals surface area contributed by atoms with Crippen molar-refractivity contribution in [2.45, 2.75) is 31.2 Å². The smallest absolute Gasteiger partial charge is 0.240 e. The summed E-state index contributed by atoms with van der Waals surface area (Å²) in [7, 11) is -2.25. The molecule has 0 bridgehead atoms. The summed E-state index contributed by atoms with van der Waals surface area (Å²) < 4.78 is 31.4. The fourth-order valence-corrected chi connectivity index (χ4v) is 2.72. The molecular weight excluding hydrogens is 294 g/mol. The molecule has 0 spiro atoms. The third-order valence-corrected chi connectivity index (χ3v) is 4.06. The SMILES string of the molecule is COc1ccc(S(=O)(=O)NCCC(=O)NC(C)C)cc1N. The van der Waals surface area contributed by atoms with Gasteiger partial charge in [-0.1, -0.05) is 0 Å². The van der Waals surface area contributed by atoms with Gasteiger partial charge < -0.3 is 15.8 Å². The molecule has 1 amide bonds. The van der Waals surface area contributed by atoms with Crippen LogP contribution in [-0.2, 0) is 14.8 Å². The predicted molar refractivity (Wildman–Crippen MR) is 80.5 cm³/mol. The molecule has 118 valence electrons. The number of ether oxygens (including phenoxy) is 1. The van der Waals surface area contributed by atoms with Crippen molar-refractivity contribution in [3.63, 3.8) is 0 Å². The van der Waals surface area contributed by atoms with Gasteiger partial charge in [0.25, 0.3) is 0 Å². The number of anilines is 1. The molecule has 0 saturated carbocycles. The zero-order chi connectivity index (χ0) is 16.0. The van der Waals surface area contributed by atoms with Gasteiger partial charge in [-0.25, -0.2) is 13.1 Å². The summed E-state index contributed by atoms with van der Waals surface area (Å²) in [4.78, 5) is 11.5. The van der Waals surface area contributed by atoms with E-state index in [2.05, 4.69) is 10.0 Å². The van der Waals surface area contributed by atoms with E-state index in [4.69, 9.17) is 10.5 Å². The first kappa shape index (κ1) is 17.3. The van der Waals surface area contributed by atoms with Crippen LogP contribution in [0.15, 0.2) is 23.1 Å². The first-order chi connectivity index (χ1) is 9.76. The van der Waals surface area contributed by atoms with Crippen molar-refractivity contribution in [2.75, 3.05) is 19.4 Å². The monoisotopic (exact) mass is 315 g/mol. The lowest BCUT2D eigenvalue weighted by Gasteiger charge is -2.10. The molecule has 7 nitrogen and oxygen atoms in total. The maximum Gasteiger partial charge on any atom is 0.240 e. The number of hydrogen-bond donors (Lipinski definition) is 3. The minimum Gasteiger partial charge on any atom is -0.495 e. The van der Waals surface area contributed by atoms with Gasteiger partial charge in [0.1, 0.15) is 5.75 Å². The summed E-state index contributed by atoms with van der Waals surface area (Å²) in [6.45, 7) is 3.69. The van der Waals surface area contributed by atoms with Crippen molar-refractivity contribution in [3.05, 3.63) is 18.2 Å². The molecule has 0 aliphatic carbocycles. The maximum absolute atomic E-state index is 12.0. The highest BCUT2D eigenvalue weighted by Gasteiger charge is 2.16. The van der Waals surface area contributed by atoms with E-state index < -0.39 is 10.0 Å². The van der Waals surface area contributed by atoms with Crippen molar-refractivity contribution in [1.82, 2.24) is 10.0 Å². The zero-order valence-corrected chi connectivity index (χ0v) is 13.2. The molecule has 1 aromatic carbocycles. The molecule has 0 unspecified atom stereocenters. The number of sulfonamides is 1. The average Bonchev–Trinajstić information content (AvgIpc) is 2.37. The van der Waals surface area contributed by atoms with Crippen LogP contribution in [0.5, 0.6) is 5.75 Å². The van der Waals surface area contributed by atoms with Gasteiger partial charge in [0.2, 0.25) is 15.9 Å². The molecule has 0 aliphatic rings. The molecule has 0 fully saturated rings. The van der Waals surface area contributed by atoms with Gasteiger partial charge in [-0.05, 0) is 32.0 Å². The van der Waals surface area contributed by atoms with E-state index in [0.29, 0.717) is 5.75 Å². The molecule has 0 saturated heterocycles. The Labute approximate surface area is 124 Å². The number of amides is 1. The number of nitrogens with one attached hydrogen (secondary N) is 2. The summed E-state index contributed by atoms with van der Waals surface area (Å²) in [5, 5.41) is 2.68. The second-order valence-electron chi connectivity index (χ2n) is 4.77. The molecule has 1 aromatic rings. The summed E-state index contributed by atoms with van der Waals surface area (Å²) >= 11 is 0. The van der Waals surface area contributed by atoms with Crippen molar-refractivity contribution in [3.8, 4) is 5.75 Å². The van der Waals surface area contributed by atoms with Crippen molar-refractivity contribution < 1.29 is 17.9 Å². The summed E-state index contributed by atoms with van der Waals surface area (Å²) in [6.07, 6.45) is 0.0725. The van der Waals surface area contributed by atoms with Gasteiger partial charge in [-0.3, -0.25) is 4.79 Å². The Hall–Kier alpha value is -1.80. The molecule has 4 N–H and O–H groups in total. The number of nitrogen functional groups attached to an aromatic ring is 1. The highest BCUT2D eigenvalue weighted by Crippen LogP contribution is 2.24. The Morgan fingerprint density at radius 1 is 1.38 bits per heavy atom. The molecular formula is C13H21N3O4S. The third-order valence-electron chi connectivity index (χ3n) is 2.61. The summed E-state index contributed by atoms with van der Waals surface area (Å²) in [5.41, 5.74) is 5.91. The predicted octanol–water partition coefficient (Wildman–Crippen LogP) is 0.470. The second kappa shape index (κ2) is 7.28. The van der Waals surface area contributed by atoms with Gasteiger partial charge in [0.15, 0.2) is 0 Å². The molecule has 21 heavy (non-hydrogen) atoms. The zero-order valence-electron chi connectivity index (χ0n) is 12.3. The Morgan fingerprint density at radius 3 is 2.57 bits per heavy atom. The number of methoxy groups -OCH3 is 1. The van der Waals surface area contributed by atoms with E-state index in [-0.39, 0.29) is 35.5 Å². The van der Waals surface area contributed by atoms with Gasteiger partial charge in [-0.2, -0.15) is 0 Å². The van der Waals surface area contributed by atoms with Crippen molar-refractivity contribution in [1.29, 1.82) is 0 Å². The molecule has 1 rings (SSSR count). The van der Waals surface area contributed by atoms with Crippen LogP contribution in [0, 0.1) is 0 Å². The summed E-state index contributed by atoms with van der Waals surface area (Å²) in [6, 6.07) is 4.21. The number of benzene rings is 1. The minimum atomic E-state index is -3.70. The van der Waals surface area contributed by atoms with Crippen molar-refractivity contribution in [2.24, 2.45) is 0 Å². The van der Waals surface area contributed by atoms with E-state index in [9.17, 15) is 13.2 Å². The quantitative estimate of drug-likeness (QED) is 0.634. The van der Waals surface area contributed by atoms with Crippen LogP contribution in [0.3, 0.4) is 0 Å². The third kappa shape index (κ3) is 5.24. The molecule has 8 heteroatoms. The largest absolute Gasteiger partial charge is 0.495 e. The Kier molecular flexibility index (Phi) is 5.98. The molecule has 0 heterocycles. The molecule has 0 aliphatic heterocycles. The van der Waals surface area contributed by atoms with Crippen LogP contribution in [0.1, 0.15) is 20.3 Å². The van der Waals surface area contributed by atoms with Crippen LogP contribution in [0.4, 0.5) is 5.69 Å². The van der Waals surface area contributed by atoms with E-state index in [1.54, 1.807) is 0 Å². The Balaban J connectivity index is 2.66. The Morgan fingerprint density at radius 2 is 2.05 bits per heavy atom. The molecule has 0 atom stereocenters. The van der Waals surface area contributed by atoms with Gasteiger partial charge in [-0.15, -0.1) is 0 Å². The Bertz CT molecular complexity index is 599. The first-order valence-corrected chi connectivity index (χ1v) is 7.97. The number of carbonyl (C=O) groups excluding carboxylic acids is 1. The average molecular weight is 315 g/mol. The highest BCUT2D eigenvalue weighted by atomic mass is 32.2. The number of rotatable bonds is 7. The first-order valence-electron chi connectivity index (χ1n) is 6.49. The second-order valence-corrected chi connectivity index (χ2v) is 6.54. The number of nitrogens with two attached hydrogens (primary N) is 1. The van der Waals surface area contributed by atoms with Gasteiger partial charge in [0.05, 0.1) is 17.7 Å². The summed E-state index contributed by atoms with van der Waals surface area (Å²) in [5.74, 6) is 0.201. The lowest BCUT2D eigenvalue weighted by molar-refractivity contribution is -0.121. The minimum absolute atomic E-state index is 0.0207. The van der Waals surface area contributed by atoms with Crippen LogP contribution in [0.2, 0.25) is 0 Å². The van der Waals surface area contributed by atoms with E-state index in [1.807, 2.05) is 13.8 Å². The number of carbonyl (C=O) groups is 1. The van der Waals surface area contributed by atoms with Gasteiger partial charge >= 0.3 is 0 Å². The lowest BCUT2D eigenvalue weighted by atomic mass is 10.3. The van der Waals surface area contributed by atoms with E-state index >= 15 is 0 Å².